The molecule has 0 radical (unpaired) electrons. The van der Waals surface area contributed by atoms with Crippen LogP contribution in [0.1, 0.15) is 29.9 Å². The van der Waals surface area contributed by atoms with Gasteiger partial charge in [-0.1, -0.05) is 36.4 Å². The minimum Gasteiger partial charge on any atom is -0.352 e. The molecule has 6 heteroatoms. The smallest absolute Gasteiger partial charge is 0.170 e. The van der Waals surface area contributed by atoms with E-state index in [1.165, 1.54) is 16.5 Å². The van der Waals surface area contributed by atoms with Crippen LogP contribution < -0.4 is 5.32 Å². The summed E-state index contributed by atoms with van der Waals surface area (Å²) in [5.41, 5.74) is 3.36. The van der Waals surface area contributed by atoms with Crippen LogP contribution >= 0.6 is 12.2 Å². The quantitative estimate of drug-likeness (QED) is 0.399. The van der Waals surface area contributed by atoms with Gasteiger partial charge in [-0.15, -0.1) is 0 Å². The third-order valence-corrected chi connectivity index (χ3v) is 6.65. The van der Waals surface area contributed by atoms with Gasteiger partial charge in [-0.3, -0.25) is 4.98 Å². The Morgan fingerprint density at radius 1 is 0.970 bits per heavy atom. The fourth-order valence-electron chi connectivity index (χ4n) is 4.72. The number of rotatable bonds is 7. The van der Waals surface area contributed by atoms with Crippen molar-refractivity contribution in [2.24, 2.45) is 0 Å². The molecule has 0 spiro atoms. The van der Waals surface area contributed by atoms with Gasteiger partial charge in [0.25, 0.3) is 0 Å². The van der Waals surface area contributed by atoms with Crippen LogP contribution in [0.25, 0.3) is 16.5 Å². The molecule has 4 aromatic rings. The number of fused-ring (bicyclic) bond motifs is 1. The van der Waals surface area contributed by atoms with Crippen molar-refractivity contribution in [2.45, 2.75) is 18.5 Å². The zero-order valence-corrected chi connectivity index (χ0v) is 19.9. The highest BCUT2D eigenvalue weighted by atomic mass is 32.1. The standard InChI is InChI=1S/C27H29N5S/c1-30(2)16-8-18-32-26(25(29-27(32)33)23-11-5-6-15-28-23)24-12-7-17-31(24)22-14-13-20-9-3-4-10-21(20)19-22/h3-7,9-15,17,19,25-26H,8,16,18H2,1-2H3,(H,29,33)/t25-,26-/m1/s1. The van der Waals surface area contributed by atoms with Crippen LogP contribution in [-0.2, 0) is 0 Å². The lowest BCUT2D eigenvalue weighted by molar-refractivity contribution is 0.286. The van der Waals surface area contributed by atoms with E-state index in [-0.39, 0.29) is 12.1 Å². The molecule has 3 heterocycles. The van der Waals surface area contributed by atoms with E-state index in [0.29, 0.717) is 0 Å². The van der Waals surface area contributed by atoms with Gasteiger partial charge in [0.15, 0.2) is 5.11 Å². The van der Waals surface area contributed by atoms with Gasteiger partial charge >= 0.3 is 0 Å². The average Bonchev–Trinajstić information content (AvgIpc) is 3.44. The summed E-state index contributed by atoms with van der Waals surface area (Å²) in [6.07, 6.45) is 5.04. The van der Waals surface area contributed by atoms with Gasteiger partial charge in [0.05, 0.1) is 17.8 Å². The molecule has 0 saturated carbocycles. The minimum atomic E-state index is -0.00726. The Bertz CT molecular complexity index is 1250. The summed E-state index contributed by atoms with van der Waals surface area (Å²) in [7, 11) is 4.22. The predicted molar refractivity (Wildman–Crippen MR) is 139 cm³/mol. The Labute approximate surface area is 200 Å². The van der Waals surface area contributed by atoms with E-state index in [1.807, 2.05) is 18.3 Å². The Morgan fingerprint density at radius 3 is 2.58 bits per heavy atom. The summed E-state index contributed by atoms with van der Waals surface area (Å²) in [6.45, 7) is 1.91. The highest BCUT2D eigenvalue weighted by Crippen LogP contribution is 2.39. The number of thiocarbonyl (C=S) groups is 1. The SMILES string of the molecule is CN(C)CCCN1C(=S)N[C@H](c2ccccn2)[C@H]1c1cccn1-c1ccc2ccccc2c1. The third kappa shape index (κ3) is 4.36. The van der Waals surface area contributed by atoms with Crippen molar-refractivity contribution in [2.75, 3.05) is 27.2 Å². The lowest BCUT2D eigenvalue weighted by Crippen LogP contribution is -2.32. The van der Waals surface area contributed by atoms with Gasteiger partial charge in [-0.05, 0) is 86.4 Å². The van der Waals surface area contributed by atoms with E-state index in [4.69, 9.17) is 12.2 Å². The second-order valence-electron chi connectivity index (χ2n) is 8.81. The average molecular weight is 456 g/mol. The number of hydrogen-bond donors (Lipinski definition) is 1. The van der Waals surface area contributed by atoms with Crippen molar-refractivity contribution in [3.8, 4) is 5.69 Å². The maximum absolute atomic E-state index is 5.83. The van der Waals surface area contributed by atoms with E-state index < -0.39 is 0 Å². The zero-order valence-electron chi connectivity index (χ0n) is 19.1. The fraction of sp³-hybridized carbons (Fsp3) is 0.259. The molecule has 1 aliphatic heterocycles. The molecule has 1 N–H and O–H groups in total. The van der Waals surface area contributed by atoms with Crippen molar-refractivity contribution < 1.29 is 0 Å². The molecule has 1 fully saturated rings. The highest BCUT2D eigenvalue weighted by molar-refractivity contribution is 7.80. The molecule has 2 aromatic heterocycles. The molecule has 0 bridgehead atoms. The molecular formula is C27H29N5S. The van der Waals surface area contributed by atoms with E-state index in [9.17, 15) is 0 Å². The molecule has 1 saturated heterocycles. The molecule has 1 aliphatic rings. The summed E-state index contributed by atoms with van der Waals surface area (Å²) in [6, 6.07) is 25.6. The summed E-state index contributed by atoms with van der Waals surface area (Å²) in [4.78, 5) is 9.23. The lowest BCUT2D eigenvalue weighted by atomic mass is 10.0. The number of hydrogen-bond acceptors (Lipinski definition) is 3. The minimum absolute atomic E-state index is 0.00726. The topological polar surface area (TPSA) is 36.3 Å². The second-order valence-corrected chi connectivity index (χ2v) is 9.20. The maximum Gasteiger partial charge on any atom is 0.170 e. The lowest BCUT2D eigenvalue weighted by Gasteiger charge is -2.29. The molecule has 0 amide bonds. The van der Waals surface area contributed by atoms with Gasteiger partial charge in [0.1, 0.15) is 0 Å². The van der Waals surface area contributed by atoms with Crippen molar-refractivity contribution in [3.05, 3.63) is 96.6 Å². The number of aromatic nitrogens is 2. The summed E-state index contributed by atoms with van der Waals surface area (Å²) in [5.74, 6) is 0. The molecule has 168 valence electrons. The normalized spacial score (nSPS) is 18.3. The molecule has 2 aromatic carbocycles. The summed E-state index contributed by atoms with van der Waals surface area (Å²) >= 11 is 5.83. The Morgan fingerprint density at radius 2 is 1.79 bits per heavy atom. The number of pyridine rings is 1. The molecular weight excluding hydrogens is 426 g/mol. The van der Waals surface area contributed by atoms with Gasteiger partial charge in [-0.25, -0.2) is 0 Å². The van der Waals surface area contributed by atoms with Crippen molar-refractivity contribution in [3.63, 3.8) is 0 Å². The Hall–Kier alpha value is -3.22. The van der Waals surface area contributed by atoms with Gasteiger partial charge in [0.2, 0.25) is 0 Å². The predicted octanol–water partition coefficient (Wildman–Crippen LogP) is 4.95. The third-order valence-electron chi connectivity index (χ3n) is 6.30. The summed E-state index contributed by atoms with van der Waals surface area (Å²) in [5, 5.41) is 6.85. The van der Waals surface area contributed by atoms with Crippen molar-refractivity contribution in [1.82, 2.24) is 24.7 Å². The van der Waals surface area contributed by atoms with Crippen LogP contribution in [0, 0.1) is 0 Å². The molecule has 2 atom stereocenters. The van der Waals surface area contributed by atoms with E-state index in [2.05, 4.69) is 106 Å². The van der Waals surface area contributed by atoms with Crippen molar-refractivity contribution in [1.29, 1.82) is 0 Å². The maximum atomic E-state index is 5.83. The van der Waals surface area contributed by atoms with Crippen LogP contribution in [0.4, 0.5) is 0 Å². The molecule has 0 aliphatic carbocycles. The van der Waals surface area contributed by atoms with Crippen LogP contribution in [-0.4, -0.2) is 51.6 Å². The largest absolute Gasteiger partial charge is 0.352 e. The molecule has 5 nitrogen and oxygen atoms in total. The molecule has 5 rings (SSSR count). The highest BCUT2D eigenvalue weighted by Gasteiger charge is 2.40. The molecule has 0 unspecified atom stereocenters. The van der Waals surface area contributed by atoms with Gasteiger partial charge in [-0.2, -0.15) is 0 Å². The Balaban J connectivity index is 1.56. The zero-order chi connectivity index (χ0) is 22.8. The first-order chi connectivity index (χ1) is 16.1. The first-order valence-corrected chi connectivity index (χ1v) is 11.8. The second kappa shape index (κ2) is 9.33. The summed E-state index contributed by atoms with van der Waals surface area (Å²) < 4.78 is 2.29. The van der Waals surface area contributed by atoms with Gasteiger partial charge < -0.3 is 19.7 Å². The number of nitrogens with zero attached hydrogens (tertiary/aromatic N) is 4. The Kier molecular flexibility index (Phi) is 6.11. The van der Waals surface area contributed by atoms with Crippen LogP contribution in [0.2, 0.25) is 0 Å². The van der Waals surface area contributed by atoms with E-state index >= 15 is 0 Å². The monoisotopic (exact) mass is 455 g/mol. The van der Waals surface area contributed by atoms with E-state index in [0.717, 1.165) is 36.0 Å². The number of benzene rings is 2. The number of nitrogens with one attached hydrogen (secondary N) is 1. The van der Waals surface area contributed by atoms with Crippen molar-refractivity contribution >= 4 is 28.1 Å². The van der Waals surface area contributed by atoms with Crippen LogP contribution in [0.3, 0.4) is 0 Å². The van der Waals surface area contributed by atoms with E-state index in [1.54, 1.807) is 0 Å². The van der Waals surface area contributed by atoms with Crippen LogP contribution in [0.5, 0.6) is 0 Å². The van der Waals surface area contributed by atoms with Gasteiger partial charge in [0, 0.05) is 30.3 Å². The molecule has 33 heavy (non-hydrogen) atoms. The van der Waals surface area contributed by atoms with Crippen LogP contribution in [0.15, 0.2) is 85.2 Å². The first kappa shape index (κ1) is 21.6. The first-order valence-electron chi connectivity index (χ1n) is 11.4. The fourth-order valence-corrected chi connectivity index (χ4v) is 5.05.